The van der Waals surface area contributed by atoms with Crippen LogP contribution in [-0.4, -0.2) is 51.1 Å². The van der Waals surface area contributed by atoms with Crippen LogP contribution in [0.2, 0.25) is 0 Å². The Bertz CT molecular complexity index is 984. The summed E-state index contributed by atoms with van der Waals surface area (Å²) in [5.74, 6) is 1.66. The first-order valence-corrected chi connectivity index (χ1v) is 10.6. The second-order valence-corrected chi connectivity index (χ2v) is 8.83. The molecule has 0 saturated heterocycles. The van der Waals surface area contributed by atoms with E-state index in [1.54, 1.807) is 4.68 Å². The van der Waals surface area contributed by atoms with Gasteiger partial charge in [0.2, 0.25) is 0 Å². The Kier molecular flexibility index (Phi) is 5.54. The number of fused-ring (bicyclic) bond motifs is 1. The van der Waals surface area contributed by atoms with Crippen molar-refractivity contribution in [1.29, 1.82) is 0 Å². The zero-order chi connectivity index (χ0) is 20.5. The molecule has 6 heteroatoms. The lowest BCUT2D eigenvalue weighted by atomic mass is 9.81. The predicted octanol–water partition coefficient (Wildman–Crippen LogP) is 4.26. The maximum Gasteiger partial charge on any atom is 0.126 e. The van der Waals surface area contributed by atoms with E-state index < -0.39 is 0 Å². The molecule has 6 nitrogen and oxygen atoms in total. The van der Waals surface area contributed by atoms with Crippen molar-refractivity contribution < 1.29 is 0 Å². The van der Waals surface area contributed by atoms with Crippen LogP contribution >= 0.6 is 0 Å². The maximum atomic E-state index is 4.70. The number of anilines is 1. The van der Waals surface area contributed by atoms with Gasteiger partial charge >= 0.3 is 0 Å². The van der Waals surface area contributed by atoms with Gasteiger partial charge in [0.15, 0.2) is 0 Å². The number of hydrogen-bond donors (Lipinski definition) is 1. The van der Waals surface area contributed by atoms with Crippen molar-refractivity contribution in [3.05, 3.63) is 36.2 Å². The third-order valence-corrected chi connectivity index (χ3v) is 6.50. The molecule has 1 saturated carbocycles. The number of benzene rings is 1. The largest absolute Gasteiger partial charge is 0.367 e. The van der Waals surface area contributed by atoms with Gasteiger partial charge in [0.05, 0.1) is 6.20 Å². The monoisotopic (exact) mass is 392 g/mol. The molecule has 154 valence electrons. The van der Waals surface area contributed by atoms with E-state index in [1.165, 1.54) is 42.0 Å². The summed E-state index contributed by atoms with van der Waals surface area (Å²) >= 11 is 0. The second-order valence-electron chi connectivity index (χ2n) is 8.83. The molecular formula is C23H32N6. The first-order valence-electron chi connectivity index (χ1n) is 10.6. The third kappa shape index (κ3) is 4.27. The Hall–Kier alpha value is -2.47. The number of aromatic nitrogens is 4. The number of hydrogen-bond acceptors (Lipinski definition) is 5. The molecule has 1 aliphatic rings. The number of nitrogens with zero attached hydrogens (tertiary/aromatic N) is 5. The first kappa shape index (κ1) is 19.8. The van der Waals surface area contributed by atoms with Gasteiger partial charge in [-0.2, -0.15) is 0 Å². The van der Waals surface area contributed by atoms with E-state index in [1.807, 2.05) is 19.4 Å². The molecule has 3 aromatic rings. The Morgan fingerprint density at radius 3 is 2.55 bits per heavy atom. The van der Waals surface area contributed by atoms with Crippen LogP contribution in [0, 0.1) is 12.8 Å². The highest BCUT2D eigenvalue weighted by Gasteiger charge is 2.26. The van der Waals surface area contributed by atoms with Crippen LogP contribution in [0.15, 0.2) is 30.6 Å². The van der Waals surface area contributed by atoms with Crippen molar-refractivity contribution in [1.82, 2.24) is 24.9 Å². The van der Waals surface area contributed by atoms with Crippen molar-refractivity contribution in [3.63, 3.8) is 0 Å². The molecule has 1 unspecified atom stereocenters. The lowest BCUT2D eigenvalue weighted by molar-refractivity contribution is 0.186. The van der Waals surface area contributed by atoms with E-state index in [0.29, 0.717) is 12.0 Å². The van der Waals surface area contributed by atoms with E-state index in [0.717, 1.165) is 23.1 Å². The molecule has 0 radical (unpaired) electrons. The maximum absolute atomic E-state index is 4.70. The van der Waals surface area contributed by atoms with Gasteiger partial charge in [-0.25, -0.2) is 4.98 Å². The van der Waals surface area contributed by atoms with Gasteiger partial charge in [-0.05, 0) is 88.7 Å². The van der Waals surface area contributed by atoms with Crippen LogP contribution in [0.25, 0.3) is 22.0 Å². The molecule has 4 rings (SSSR count). The normalized spacial score (nSPS) is 20.9. The Morgan fingerprint density at radius 1 is 1.14 bits per heavy atom. The molecule has 1 N–H and O–H groups in total. The minimum absolute atomic E-state index is 0.423. The summed E-state index contributed by atoms with van der Waals surface area (Å²) < 4.78 is 1.74. The highest BCUT2D eigenvalue weighted by atomic mass is 15.4. The highest BCUT2D eigenvalue weighted by molar-refractivity contribution is 5.90. The topological polar surface area (TPSA) is 58.9 Å². The summed E-state index contributed by atoms with van der Waals surface area (Å²) in [5.41, 5.74) is 3.20. The van der Waals surface area contributed by atoms with Gasteiger partial charge < -0.3 is 10.2 Å². The van der Waals surface area contributed by atoms with Gasteiger partial charge in [0.25, 0.3) is 0 Å². The SMILES string of the molecule is Cc1cc(-c2cn(C)nn2)cc2cc(NC(C)C3CCC(N(C)C)CC3)ncc12. The first-order chi connectivity index (χ1) is 13.9. The molecule has 2 aromatic heterocycles. The lowest BCUT2D eigenvalue weighted by Gasteiger charge is -2.35. The zero-order valence-electron chi connectivity index (χ0n) is 18.2. The van der Waals surface area contributed by atoms with Crippen LogP contribution in [0.1, 0.15) is 38.2 Å². The summed E-state index contributed by atoms with van der Waals surface area (Å²) in [6.45, 7) is 4.43. The number of nitrogens with one attached hydrogen (secondary N) is 1. The second kappa shape index (κ2) is 8.11. The number of aryl methyl sites for hydroxylation is 2. The van der Waals surface area contributed by atoms with Gasteiger partial charge in [-0.3, -0.25) is 4.68 Å². The van der Waals surface area contributed by atoms with Crippen LogP contribution in [0.4, 0.5) is 5.82 Å². The van der Waals surface area contributed by atoms with Gasteiger partial charge in [-0.1, -0.05) is 5.21 Å². The summed E-state index contributed by atoms with van der Waals surface area (Å²) in [6, 6.07) is 7.68. The van der Waals surface area contributed by atoms with Crippen LogP contribution in [0.3, 0.4) is 0 Å². The van der Waals surface area contributed by atoms with Crippen LogP contribution in [-0.2, 0) is 7.05 Å². The molecule has 0 spiro atoms. The summed E-state index contributed by atoms with van der Waals surface area (Å²) in [5, 5.41) is 14.4. The quantitative estimate of drug-likeness (QED) is 0.703. The van der Waals surface area contributed by atoms with Crippen LogP contribution in [0.5, 0.6) is 0 Å². The molecular weight excluding hydrogens is 360 g/mol. The van der Waals surface area contributed by atoms with Crippen molar-refractivity contribution in [3.8, 4) is 11.3 Å². The molecule has 1 atom stereocenters. The molecule has 0 aliphatic heterocycles. The molecule has 0 amide bonds. The van der Waals surface area contributed by atoms with Crippen molar-refractivity contribution in [2.75, 3.05) is 19.4 Å². The molecule has 2 heterocycles. The molecule has 1 aliphatic carbocycles. The summed E-state index contributed by atoms with van der Waals surface area (Å²) in [4.78, 5) is 7.07. The average Bonchev–Trinajstić information content (AvgIpc) is 3.14. The van der Waals surface area contributed by atoms with Crippen molar-refractivity contribution in [2.45, 2.75) is 51.6 Å². The van der Waals surface area contributed by atoms with Crippen LogP contribution < -0.4 is 5.32 Å². The third-order valence-electron chi connectivity index (χ3n) is 6.50. The Labute approximate surface area is 173 Å². The molecule has 0 bridgehead atoms. The number of rotatable bonds is 5. The minimum atomic E-state index is 0.423. The Morgan fingerprint density at radius 2 is 1.90 bits per heavy atom. The Balaban J connectivity index is 1.52. The summed E-state index contributed by atoms with van der Waals surface area (Å²) in [7, 11) is 6.29. The van der Waals surface area contributed by atoms with Crippen molar-refractivity contribution >= 4 is 16.6 Å². The van der Waals surface area contributed by atoms with E-state index in [-0.39, 0.29) is 0 Å². The lowest BCUT2D eigenvalue weighted by Crippen LogP contribution is -2.36. The minimum Gasteiger partial charge on any atom is -0.367 e. The van der Waals surface area contributed by atoms with Gasteiger partial charge in [0.1, 0.15) is 11.5 Å². The standard InChI is InChI=1S/C23H32N6/c1-15-10-19(22-14-29(5)27-26-22)11-18-12-23(24-13-21(15)18)25-16(2)17-6-8-20(9-7-17)28(3)4/h10-14,16-17,20H,6-9H2,1-5H3,(H,24,25). The van der Waals surface area contributed by atoms with E-state index in [2.05, 4.69) is 66.7 Å². The van der Waals surface area contributed by atoms with E-state index in [9.17, 15) is 0 Å². The zero-order valence-corrected chi connectivity index (χ0v) is 18.2. The fourth-order valence-corrected chi connectivity index (χ4v) is 4.62. The number of pyridine rings is 1. The van der Waals surface area contributed by atoms with E-state index in [4.69, 9.17) is 4.98 Å². The summed E-state index contributed by atoms with van der Waals surface area (Å²) in [6.07, 6.45) is 9.07. The smallest absolute Gasteiger partial charge is 0.126 e. The fraction of sp³-hybridized carbons (Fsp3) is 0.522. The predicted molar refractivity (Wildman–Crippen MR) is 119 cm³/mol. The van der Waals surface area contributed by atoms with E-state index >= 15 is 0 Å². The van der Waals surface area contributed by atoms with Gasteiger partial charge in [0, 0.05) is 36.3 Å². The molecule has 1 aromatic carbocycles. The molecule has 29 heavy (non-hydrogen) atoms. The highest BCUT2D eigenvalue weighted by Crippen LogP contribution is 2.31. The van der Waals surface area contributed by atoms with Gasteiger partial charge in [-0.15, -0.1) is 5.10 Å². The van der Waals surface area contributed by atoms with Crippen molar-refractivity contribution in [2.24, 2.45) is 13.0 Å². The fourth-order valence-electron chi connectivity index (χ4n) is 4.62. The average molecular weight is 393 g/mol. The molecule has 1 fully saturated rings.